The number of benzene rings is 2. The Hall–Kier alpha value is -5.24. The number of amides is 2. The molecule has 3 aromatic heterocycles. The molecule has 3 fully saturated rings. The summed E-state index contributed by atoms with van der Waals surface area (Å²) in [5, 5.41) is 18.7. The molecule has 0 radical (unpaired) electrons. The van der Waals surface area contributed by atoms with Gasteiger partial charge in [0, 0.05) is 87.4 Å². The van der Waals surface area contributed by atoms with E-state index < -0.39 is 11.8 Å². The van der Waals surface area contributed by atoms with Gasteiger partial charge in [-0.2, -0.15) is 5.10 Å². The van der Waals surface area contributed by atoms with Crippen molar-refractivity contribution in [2.75, 3.05) is 31.6 Å². The minimum absolute atomic E-state index is 0.111. The van der Waals surface area contributed by atoms with Crippen molar-refractivity contribution < 1.29 is 18.7 Å². The van der Waals surface area contributed by atoms with Crippen LogP contribution in [0.3, 0.4) is 0 Å². The lowest BCUT2D eigenvalue weighted by Crippen LogP contribution is -2.42. The van der Waals surface area contributed by atoms with E-state index in [9.17, 15) is 9.59 Å². The fraction of sp³-hybridized carbons (Fsp3) is 0.405. The van der Waals surface area contributed by atoms with E-state index in [-0.39, 0.29) is 36.3 Å². The Morgan fingerprint density at radius 3 is 2.45 bits per heavy atom. The summed E-state index contributed by atoms with van der Waals surface area (Å²) < 4.78 is 22.6. The second-order valence-corrected chi connectivity index (χ2v) is 14.7. The zero-order chi connectivity index (χ0) is 37.9. The van der Waals surface area contributed by atoms with Gasteiger partial charge in [0.25, 0.3) is 11.8 Å². The fourth-order valence-electron chi connectivity index (χ4n) is 8.14. The largest absolute Gasteiger partial charge is 0.381 e. The summed E-state index contributed by atoms with van der Waals surface area (Å²) in [7, 11) is 0. The molecule has 0 aliphatic carbocycles. The van der Waals surface area contributed by atoms with E-state index in [2.05, 4.69) is 55.3 Å². The van der Waals surface area contributed by atoms with Crippen molar-refractivity contribution >= 4 is 28.5 Å². The van der Waals surface area contributed by atoms with E-state index in [0.29, 0.717) is 43.8 Å². The van der Waals surface area contributed by atoms with Gasteiger partial charge in [0.05, 0.1) is 17.3 Å². The van der Waals surface area contributed by atoms with Crippen LogP contribution in [0.2, 0.25) is 0 Å². The maximum absolute atomic E-state index is 15.2. The second-order valence-electron chi connectivity index (χ2n) is 14.7. The van der Waals surface area contributed by atoms with Crippen LogP contribution in [0.5, 0.6) is 0 Å². The van der Waals surface area contributed by atoms with Gasteiger partial charge in [0.2, 0.25) is 0 Å². The Balaban J connectivity index is 0.932. The number of fused-ring (bicyclic) bond motifs is 3. The van der Waals surface area contributed by atoms with Gasteiger partial charge in [-0.3, -0.25) is 14.5 Å². The zero-order valence-electron chi connectivity index (χ0n) is 31.4. The molecule has 4 N–H and O–H groups in total. The van der Waals surface area contributed by atoms with Crippen LogP contribution in [0, 0.1) is 5.82 Å². The average Bonchev–Trinajstić information content (AvgIpc) is 3.97. The molecule has 3 saturated heterocycles. The van der Waals surface area contributed by atoms with Gasteiger partial charge in [-0.25, -0.2) is 19.0 Å². The van der Waals surface area contributed by atoms with Crippen LogP contribution in [-0.4, -0.2) is 80.9 Å². The number of carbonyl (C=O) groups is 2. The number of aryl methyl sites for hydroxylation is 2. The van der Waals surface area contributed by atoms with Crippen molar-refractivity contribution in [3.63, 3.8) is 0 Å². The number of likely N-dealkylation sites (tertiary alicyclic amines) is 1. The van der Waals surface area contributed by atoms with E-state index in [1.165, 1.54) is 12.5 Å². The van der Waals surface area contributed by atoms with Crippen LogP contribution in [0.1, 0.15) is 76.5 Å². The monoisotopic (exact) mass is 745 g/mol. The Morgan fingerprint density at radius 2 is 1.73 bits per heavy atom. The number of aromatic nitrogens is 4. The molecule has 55 heavy (non-hydrogen) atoms. The van der Waals surface area contributed by atoms with Crippen molar-refractivity contribution in [2.24, 2.45) is 0 Å². The molecule has 6 heterocycles. The van der Waals surface area contributed by atoms with Crippen molar-refractivity contribution in [1.29, 1.82) is 0 Å². The number of carbonyl (C=O) groups excluding carboxylic acids is 2. The second kappa shape index (κ2) is 16.2. The fourth-order valence-corrected chi connectivity index (χ4v) is 8.14. The zero-order valence-corrected chi connectivity index (χ0v) is 31.4. The molecule has 13 heteroatoms. The highest BCUT2D eigenvalue weighted by Gasteiger charge is 2.37. The molecule has 286 valence electrons. The third-order valence-corrected chi connectivity index (χ3v) is 11.1. The van der Waals surface area contributed by atoms with Gasteiger partial charge in [-0.1, -0.05) is 37.3 Å². The number of nitrogens with one attached hydrogen (secondary N) is 4. The molecule has 2 bridgehead atoms. The van der Waals surface area contributed by atoms with Crippen LogP contribution < -0.4 is 21.3 Å². The first-order valence-corrected chi connectivity index (χ1v) is 19.5. The highest BCUT2D eigenvalue weighted by Crippen LogP contribution is 2.32. The number of pyridine rings is 2. The first-order chi connectivity index (χ1) is 26.9. The van der Waals surface area contributed by atoms with E-state index in [0.717, 1.165) is 77.1 Å². The van der Waals surface area contributed by atoms with Gasteiger partial charge in [-0.05, 0) is 79.6 Å². The predicted molar refractivity (Wildman–Crippen MR) is 209 cm³/mol. The number of hydrogen-bond donors (Lipinski definition) is 4. The summed E-state index contributed by atoms with van der Waals surface area (Å²) in [5.74, 6) is -1.16. The summed E-state index contributed by atoms with van der Waals surface area (Å²) >= 11 is 0. The van der Waals surface area contributed by atoms with Gasteiger partial charge in [0.1, 0.15) is 17.2 Å². The number of rotatable bonds is 13. The quantitative estimate of drug-likeness (QED) is 0.128. The standard InChI is InChI=1S/C42H48FN9O3/c1-3-36-33(39(48-29-13-15-55-16-14-29)34-23-47-52(4-2)40(34)50-36)22-46-42(54)38-10-6-9-37(49-38)41(53)45-20-26-11-12-35(43)32(18-26)28-8-5-7-27(17-28)24-51-25-30-19-31(51)21-44-30/h5-12,17-18,23,29-31,44H,3-4,13-16,19-22,24-25H2,1-2H3,(H,45,53)(H,46,54)(H,48,50)/t30-,31?/m0/s1. The molecule has 2 amide bonds. The summed E-state index contributed by atoms with van der Waals surface area (Å²) in [6, 6.07) is 19.1. The molecule has 0 saturated carbocycles. The van der Waals surface area contributed by atoms with Crippen molar-refractivity contribution in [3.8, 4) is 11.1 Å². The summed E-state index contributed by atoms with van der Waals surface area (Å²) in [6.07, 6.45) is 5.46. The molecule has 1 unspecified atom stereocenters. The average molecular weight is 746 g/mol. The Morgan fingerprint density at radius 1 is 0.945 bits per heavy atom. The Labute approximate surface area is 320 Å². The minimum atomic E-state index is -0.435. The van der Waals surface area contributed by atoms with E-state index in [4.69, 9.17) is 9.72 Å². The first-order valence-electron chi connectivity index (χ1n) is 19.5. The molecule has 3 aliphatic rings. The number of hydrogen-bond acceptors (Lipinski definition) is 9. The molecule has 2 atom stereocenters. The van der Waals surface area contributed by atoms with Crippen LogP contribution in [0.15, 0.2) is 66.9 Å². The predicted octanol–water partition coefficient (Wildman–Crippen LogP) is 5.21. The molecule has 8 rings (SSSR count). The third-order valence-electron chi connectivity index (χ3n) is 11.1. The lowest BCUT2D eigenvalue weighted by molar-refractivity contribution is 0.0904. The van der Waals surface area contributed by atoms with E-state index in [1.54, 1.807) is 30.3 Å². The number of ether oxygens (including phenoxy) is 1. The van der Waals surface area contributed by atoms with Gasteiger partial charge >= 0.3 is 0 Å². The van der Waals surface area contributed by atoms with Crippen molar-refractivity contribution in [1.82, 2.24) is 40.6 Å². The van der Waals surface area contributed by atoms with Crippen LogP contribution in [0.25, 0.3) is 22.2 Å². The first kappa shape index (κ1) is 36.7. The lowest BCUT2D eigenvalue weighted by Gasteiger charge is -2.27. The normalized spacial score (nSPS) is 18.5. The highest BCUT2D eigenvalue weighted by atomic mass is 19.1. The summed E-state index contributed by atoms with van der Waals surface area (Å²) in [4.78, 5) is 38.7. The highest BCUT2D eigenvalue weighted by molar-refractivity contribution is 5.97. The van der Waals surface area contributed by atoms with Crippen molar-refractivity contribution in [2.45, 2.75) is 83.8 Å². The molecule has 5 aromatic rings. The van der Waals surface area contributed by atoms with Crippen LogP contribution in [-0.2, 0) is 37.3 Å². The lowest BCUT2D eigenvalue weighted by atomic mass is 10.00. The van der Waals surface area contributed by atoms with Gasteiger partial charge in [0.15, 0.2) is 5.65 Å². The van der Waals surface area contributed by atoms with Crippen LogP contribution >= 0.6 is 0 Å². The third kappa shape index (κ3) is 7.96. The molecule has 3 aliphatic heterocycles. The maximum Gasteiger partial charge on any atom is 0.270 e. The molecular weight excluding hydrogens is 698 g/mol. The van der Waals surface area contributed by atoms with E-state index >= 15 is 4.39 Å². The smallest absolute Gasteiger partial charge is 0.270 e. The molecule has 0 spiro atoms. The minimum Gasteiger partial charge on any atom is -0.381 e. The molecule has 2 aromatic carbocycles. The Kier molecular flexibility index (Phi) is 10.8. The van der Waals surface area contributed by atoms with Gasteiger partial charge < -0.3 is 26.0 Å². The summed E-state index contributed by atoms with van der Waals surface area (Å²) in [5.41, 5.74) is 6.94. The van der Waals surface area contributed by atoms with E-state index in [1.807, 2.05) is 29.9 Å². The Bertz CT molecular complexity index is 2200. The van der Waals surface area contributed by atoms with Crippen molar-refractivity contribution in [3.05, 3.63) is 106 Å². The summed E-state index contributed by atoms with van der Waals surface area (Å²) in [6.45, 7) is 9.46. The molecular formula is C42H48FN9O3. The molecule has 12 nitrogen and oxygen atoms in total. The van der Waals surface area contributed by atoms with Gasteiger partial charge in [-0.15, -0.1) is 0 Å². The van der Waals surface area contributed by atoms with Crippen LogP contribution in [0.4, 0.5) is 10.1 Å². The number of piperazine rings is 1. The number of nitrogens with zero attached hydrogens (tertiary/aromatic N) is 5. The number of anilines is 1. The maximum atomic E-state index is 15.2. The SMILES string of the molecule is CCc1nc2c(cnn2CC)c(NC2CCOCC2)c1CNC(=O)c1cccc(C(=O)NCc2ccc(F)c(-c3cccc(CN4C[C@@H]5CC4CN5)c3)c2)n1. The topological polar surface area (TPSA) is 138 Å². The number of halogens is 1.